The zero-order valence-corrected chi connectivity index (χ0v) is 6.75. The maximum absolute atomic E-state index is 5.96. The summed E-state index contributed by atoms with van der Waals surface area (Å²) in [6.07, 6.45) is 7.05. The van der Waals surface area contributed by atoms with Crippen LogP contribution >= 0.6 is 0 Å². The zero-order valence-electron chi connectivity index (χ0n) is 6.75. The van der Waals surface area contributed by atoms with Gasteiger partial charge in [-0.25, -0.2) is 0 Å². The lowest BCUT2D eigenvalue weighted by atomic mass is 10.1. The summed E-state index contributed by atoms with van der Waals surface area (Å²) in [6.45, 7) is 0.867. The van der Waals surface area contributed by atoms with Crippen molar-refractivity contribution in [3.8, 4) is 0 Å². The Morgan fingerprint density at radius 1 is 1.55 bits per heavy atom. The Bertz CT molecular complexity index is 172. The van der Waals surface area contributed by atoms with Gasteiger partial charge in [-0.2, -0.15) is 0 Å². The molecule has 2 rings (SSSR count). The van der Waals surface area contributed by atoms with Gasteiger partial charge in [0.25, 0.3) is 0 Å². The van der Waals surface area contributed by atoms with E-state index >= 15 is 0 Å². The van der Waals surface area contributed by atoms with Crippen molar-refractivity contribution in [1.82, 2.24) is 0 Å². The lowest BCUT2D eigenvalue weighted by molar-refractivity contribution is 0.171. The van der Waals surface area contributed by atoms with E-state index in [-0.39, 0.29) is 6.04 Å². The lowest BCUT2D eigenvalue weighted by Crippen LogP contribution is -2.27. The fourth-order valence-electron chi connectivity index (χ4n) is 1.50. The summed E-state index contributed by atoms with van der Waals surface area (Å²) in [5, 5.41) is 0. The van der Waals surface area contributed by atoms with E-state index in [4.69, 9.17) is 10.5 Å². The minimum atomic E-state index is 0.204. The predicted octanol–water partition coefficient (Wildman–Crippen LogP) is 1.42. The van der Waals surface area contributed by atoms with Crippen LogP contribution in [0.15, 0.2) is 11.8 Å². The van der Waals surface area contributed by atoms with Crippen molar-refractivity contribution < 1.29 is 4.74 Å². The molecule has 2 N–H and O–H groups in total. The van der Waals surface area contributed by atoms with Gasteiger partial charge in [0.1, 0.15) is 5.76 Å². The molecule has 62 valence electrons. The van der Waals surface area contributed by atoms with Crippen molar-refractivity contribution in [2.24, 2.45) is 11.7 Å². The van der Waals surface area contributed by atoms with Crippen LogP contribution in [0.25, 0.3) is 0 Å². The van der Waals surface area contributed by atoms with E-state index in [9.17, 15) is 0 Å². The number of hydrogen-bond donors (Lipinski definition) is 1. The normalized spacial score (nSPS) is 27.2. The maximum atomic E-state index is 5.96. The molecule has 1 atom stereocenters. The van der Waals surface area contributed by atoms with Crippen LogP contribution in [0.2, 0.25) is 0 Å². The van der Waals surface area contributed by atoms with Gasteiger partial charge in [0.05, 0.1) is 12.6 Å². The van der Waals surface area contributed by atoms with Gasteiger partial charge in [0.15, 0.2) is 0 Å². The topological polar surface area (TPSA) is 35.2 Å². The SMILES string of the molecule is NC(C1=CCCCO1)C1CC1. The molecule has 0 saturated heterocycles. The van der Waals surface area contributed by atoms with Crippen LogP contribution in [0.3, 0.4) is 0 Å². The maximum Gasteiger partial charge on any atom is 0.109 e. The highest BCUT2D eigenvalue weighted by Crippen LogP contribution is 2.35. The fourth-order valence-corrected chi connectivity index (χ4v) is 1.50. The van der Waals surface area contributed by atoms with E-state index in [1.54, 1.807) is 0 Å². The van der Waals surface area contributed by atoms with Crippen LogP contribution in [-0.4, -0.2) is 12.6 Å². The summed E-state index contributed by atoms with van der Waals surface area (Å²) < 4.78 is 5.48. The molecule has 2 nitrogen and oxygen atoms in total. The fraction of sp³-hybridized carbons (Fsp3) is 0.778. The lowest BCUT2D eigenvalue weighted by Gasteiger charge is -2.20. The minimum absolute atomic E-state index is 0.204. The Morgan fingerprint density at radius 2 is 2.36 bits per heavy atom. The van der Waals surface area contributed by atoms with Crippen molar-refractivity contribution in [2.45, 2.75) is 31.7 Å². The van der Waals surface area contributed by atoms with E-state index in [2.05, 4.69) is 6.08 Å². The average Bonchev–Trinajstić information content (AvgIpc) is 2.87. The second kappa shape index (κ2) is 2.86. The molecule has 1 unspecified atom stereocenters. The molecule has 2 aliphatic rings. The van der Waals surface area contributed by atoms with Crippen molar-refractivity contribution in [2.75, 3.05) is 6.61 Å². The van der Waals surface area contributed by atoms with Gasteiger partial charge >= 0.3 is 0 Å². The molecular formula is C9H15NO. The van der Waals surface area contributed by atoms with Gasteiger partial charge in [-0.3, -0.25) is 0 Å². The van der Waals surface area contributed by atoms with Gasteiger partial charge in [-0.05, 0) is 37.7 Å². The van der Waals surface area contributed by atoms with Gasteiger partial charge < -0.3 is 10.5 Å². The first-order valence-corrected chi connectivity index (χ1v) is 4.46. The van der Waals surface area contributed by atoms with Gasteiger partial charge in [0.2, 0.25) is 0 Å². The molecular weight excluding hydrogens is 138 g/mol. The summed E-state index contributed by atoms with van der Waals surface area (Å²) in [4.78, 5) is 0. The van der Waals surface area contributed by atoms with Crippen molar-refractivity contribution >= 4 is 0 Å². The first-order valence-electron chi connectivity index (χ1n) is 4.46. The van der Waals surface area contributed by atoms with Crippen molar-refractivity contribution in [1.29, 1.82) is 0 Å². The molecule has 1 aliphatic heterocycles. The Labute approximate surface area is 67.4 Å². The highest BCUT2D eigenvalue weighted by atomic mass is 16.5. The third kappa shape index (κ3) is 1.56. The summed E-state index contributed by atoms with van der Waals surface area (Å²) in [5.74, 6) is 1.78. The second-order valence-electron chi connectivity index (χ2n) is 3.46. The first kappa shape index (κ1) is 7.17. The summed E-state index contributed by atoms with van der Waals surface area (Å²) in [6, 6.07) is 0.204. The number of ether oxygens (including phenoxy) is 1. The molecule has 0 aromatic heterocycles. The van der Waals surface area contributed by atoms with E-state index in [0.717, 1.165) is 31.1 Å². The molecule has 0 radical (unpaired) electrons. The van der Waals surface area contributed by atoms with Crippen LogP contribution in [0, 0.1) is 5.92 Å². The zero-order chi connectivity index (χ0) is 7.68. The third-order valence-electron chi connectivity index (χ3n) is 2.42. The summed E-state index contributed by atoms with van der Waals surface area (Å²) in [7, 11) is 0. The molecule has 0 spiro atoms. The van der Waals surface area contributed by atoms with Crippen LogP contribution < -0.4 is 5.73 Å². The number of rotatable bonds is 2. The highest BCUT2D eigenvalue weighted by molar-refractivity contribution is 5.09. The minimum Gasteiger partial charge on any atom is -0.497 e. The monoisotopic (exact) mass is 153 g/mol. The molecule has 1 heterocycles. The molecule has 1 fully saturated rings. The van der Waals surface area contributed by atoms with E-state index in [1.165, 1.54) is 12.8 Å². The van der Waals surface area contributed by atoms with E-state index in [0.29, 0.717) is 0 Å². The Hall–Kier alpha value is -0.500. The highest BCUT2D eigenvalue weighted by Gasteiger charge is 2.32. The van der Waals surface area contributed by atoms with Crippen LogP contribution in [0.1, 0.15) is 25.7 Å². The number of allylic oxidation sites excluding steroid dienone is 1. The molecule has 1 saturated carbocycles. The molecule has 0 bridgehead atoms. The second-order valence-corrected chi connectivity index (χ2v) is 3.46. The smallest absolute Gasteiger partial charge is 0.109 e. The molecule has 2 heteroatoms. The van der Waals surface area contributed by atoms with Crippen molar-refractivity contribution in [3.05, 3.63) is 11.8 Å². The molecule has 0 amide bonds. The first-order chi connectivity index (χ1) is 5.38. The average molecular weight is 153 g/mol. The van der Waals surface area contributed by atoms with Crippen LogP contribution in [0.4, 0.5) is 0 Å². The van der Waals surface area contributed by atoms with Gasteiger partial charge in [-0.1, -0.05) is 0 Å². The standard InChI is InChI=1S/C9H15NO/c10-9(7-4-5-7)8-3-1-2-6-11-8/h3,7,9H,1-2,4-6,10H2. The quantitative estimate of drug-likeness (QED) is 0.651. The van der Waals surface area contributed by atoms with Crippen LogP contribution in [-0.2, 0) is 4.74 Å². The number of hydrogen-bond acceptors (Lipinski definition) is 2. The van der Waals surface area contributed by atoms with E-state index in [1.807, 2.05) is 0 Å². The van der Waals surface area contributed by atoms with Gasteiger partial charge in [0, 0.05) is 0 Å². The molecule has 0 aromatic rings. The molecule has 1 aliphatic carbocycles. The summed E-state index contributed by atoms with van der Waals surface area (Å²) >= 11 is 0. The van der Waals surface area contributed by atoms with E-state index < -0.39 is 0 Å². The number of nitrogens with two attached hydrogens (primary N) is 1. The molecule has 0 aromatic carbocycles. The van der Waals surface area contributed by atoms with Gasteiger partial charge in [-0.15, -0.1) is 0 Å². The predicted molar refractivity (Wildman–Crippen MR) is 44.0 cm³/mol. The Kier molecular flexibility index (Phi) is 1.86. The third-order valence-corrected chi connectivity index (χ3v) is 2.42. The largest absolute Gasteiger partial charge is 0.497 e. The summed E-state index contributed by atoms with van der Waals surface area (Å²) in [5.41, 5.74) is 5.96. The Balaban J connectivity index is 1.95. The van der Waals surface area contributed by atoms with Crippen molar-refractivity contribution in [3.63, 3.8) is 0 Å². The Morgan fingerprint density at radius 3 is 2.91 bits per heavy atom. The van der Waals surface area contributed by atoms with Crippen LogP contribution in [0.5, 0.6) is 0 Å². The molecule has 11 heavy (non-hydrogen) atoms.